The average Bonchev–Trinajstić information content (AvgIpc) is 3.60. The van der Waals surface area contributed by atoms with Crippen molar-refractivity contribution in [3.63, 3.8) is 0 Å². The highest BCUT2D eigenvalue weighted by Crippen LogP contribution is 2.57. The summed E-state index contributed by atoms with van der Waals surface area (Å²) in [6.07, 6.45) is 0. The van der Waals surface area contributed by atoms with Crippen molar-refractivity contribution in [1.29, 1.82) is 0 Å². The molecule has 1 heteroatoms. The molecule has 8 aromatic rings. The van der Waals surface area contributed by atoms with Gasteiger partial charge in [0.15, 0.2) is 0 Å². The fourth-order valence-electron chi connectivity index (χ4n) is 9.17. The Labute approximate surface area is 300 Å². The second kappa shape index (κ2) is 11.2. The first-order chi connectivity index (χ1) is 25.0. The highest BCUT2D eigenvalue weighted by molar-refractivity contribution is 5.97. The maximum Gasteiger partial charge on any atom is 0.0714 e. The standard InChI is InChI=1S/C50H37N/c1-49(2)45-24-14-12-23-42(45)44-31-34-26-27-39(30-35(34)32-47(44)49)51(38-20-10-5-11-21-38)40-28-29-43-41-22-13-15-25-46(41)50(48(43)33-40,36-16-6-3-7-17-36)37-18-8-4-9-19-37/h3-33H,1-2H3. The van der Waals surface area contributed by atoms with E-state index in [-0.39, 0.29) is 5.41 Å². The highest BCUT2D eigenvalue weighted by Gasteiger charge is 2.46. The van der Waals surface area contributed by atoms with Crippen molar-refractivity contribution in [2.75, 3.05) is 4.90 Å². The van der Waals surface area contributed by atoms with Crippen molar-refractivity contribution in [1.82, 2.24) is 0 Å². The van der Waals surface area contributed by atoms with Gasteiger partial charge < -0.3 is 4.90 Å². The van der Waals surface area contributed by atoms with Gasteiger partial charge in [0.05, 0.1) is 5.41 Å². The van der Waals surface area contributed by atoms with Crippen LogP contribution < -0.4 is 4.90 Å². The van der Waals surface area contributed by atoms with Gasteiger partial charge in [0.2, 0.25) is 0 Å². The molecule has 51 heavy (non-hydrogen) atoms. The molecule has 0 unspecified atom stereocenters. The number of anilines is 3. The molecule has 0 saturated heterocycles. The molecule has 0 radical (unpaired) electrons. The Morgan fingerprint density at radius 3 is 1.55 bits per heavy atom. The van der Waals surface area contributed by atoms with Crippen LogP contribution in [0, 0.1) is 0 Å². The predicted octanol–water partition coefficient (Wildman–Crippen LogP) is 13.0. The Morgan fingerprint density at radius 1 is 0.333 bits per heavy atom. The summed E-state index contributed by atoms with van der Waals surface area (Å²) in [6, 6.07) is 69.7. The van der Waals surface area contributed by atoms with Crippen molar-refractivity contribution in [2.45, 2.75) is 24.7 Å². The third-order valence-electron chi connectivity index (χ3n) is 11.5. The van der Waals surface area contributed by atoms with Crippen LogP contribution in [0.4, 0.5) is 17.1 Å². The number of rotatable bonds is 5. The van der Waals surface area contributed by atoms with Gasteiger partial charge >= 0.3 is 0 Å². The minimum absolute atomic E-state index is 0.0531. The average molecular weight is 652 g/mol. The van der Waals surface area contributed by atoms with E-state index in [2.05, 4.69) is 207 Å². The Morgan fingerprint density at radius 2 is 0.863 bits per heavy atom. The molecule has 0 amide bonds. The van der Waals surface area contributed by atoms with E-state index in [9.17, 15) is 0 Å². The first kappa shape index (κ1) is 29.7. The van der Waals surface area contributed by atoms with Crippen molar-refractivity contribution < 1.29 is 0 Å². The molecule has 0 heterocycles. The fraction of sp³-hybridized carbons (Fsp3) is 0.0800. The lowest BCUT2D eigenvalue weighted by molar-refractivity contribution is 0.661. The number of hydrogen-bond acceptors (Lipinski definition) is 1. The molecule has 2 aliphatic rings. The van der Waals surface area contributed by atoms with E-state index in [1.165, 1.54) is 66.4 Å². The Hall–Kier alpha value is -6.18. The van der Waals surface area contributed by atoms with Crippen LogP contribution in [0.2, 0.25) is 0 Å². The molecule has 0 bridgehead atoms. The monoisotopic (exact) mass is 651 g/mol. The molecular formula is C50H37N. The zero-order valence-corrected chi connectivity index (χ0v) is 28.8. The van der Waals surface area contributed by atoms with E-state index < -0.39 is 5.41 Å². The number of hydrogen-bond donors (Lipinski definition) is 0. The maximum atomic E-state index is 2.45. The minimum atomic E-state index is -0.461. The van der Waals surface area contributed by atoms with E-state index in [1.54, 1.807) is 0 Å². The Kier molecular flexibility index (Phi) is 6.51. The first-order valence-corrected chi connectivity index (χ1v) is 17.9. The smallest absolute Gasteiger partial charge is 0.0714 e. The quantitative estimate of drug-likeness (QED) is 0.179. The molecule has 0 aromatic heterocycles. The zero-order valence-electron chi connectivity index (χ0n) is 28.8. The van der Waals surface area contributed by atoms with Crippen molar-refractivity contribution >= 4 is 27.8 Å². The predicted molar refractivity (Wildman–Crippen MR) is 213 cm³/mol. The van der Waals surface area contributed by atoms with Crippen molar-refractivity contribution in [3.8, 4) is 22.3 Å². The highest BCUT2D eigenvalue weighted by atomic mass is 15.1. The van der Waals surface area contributed by atoms with E-state index in [0.29, 0.717) is 0 Å². The van der Waals surface area contributed by atoms with Gasteiger partial charge in [-0.25, -0.2) is 0 Å². The van der Waals surface area contributed by atoms with Crippen LogP contribution in [0.1, 0.15) is 47.2 Å². The third-order valence-corrected chi connectivity index (χ3v) is 11.5. The summed E-state index contributed by atoms with van der Waals surface area (Å²) in [5, 5.41) is 2.51. The van der Waals surface area contributed by atoms with Crippen LogP contribution >= 0.6 is 0 Å². The fourth-order valence-corrected chi connectivity index (χ4v) is 9.17. The Balaban J connectivity index is 1.20. The molecular weight excluding hydrogens is 615 g/mol. The third kappa shape index (κ3) is 4.28. The van der Waals surface area contributed by atoms with Crippen molar-refractivity contribution in [3.05, 3.63) is 221 Å². The van der Waals surface area contributed by atoms with E-state index in [1.807, 2.05) is 0 Å². The largest absolute Gasteiger partial charge is 0.310 e. The molecule has 10 rings (SSSR count). The molecule has 0 atom stereocenters. The van der Waals surface area contributed by atoms with Gasteiger partial charge in [-0.1, -0.05) is 153 Å². The van der Waals surface area contributed by atoms with Crippen LogP contribution in [0.5, 0.6) is 0 Å². The number of fused-ring (bicyclic) bond motifs is 7. The van der Waals surface area contributed by atoms with Gasteiger partial charge in [-0.2, -0.15) is 0 Å². The second-order valence-electron chi connectivity index (χ2n) is 14.5. The molecule has 0 fully saturated rings. The second-order valence-corrected chi connectivity index (χ2v) is 14.5. The lowest BCUT2D eigenvalue weighted by Gasteiger charge is -2.35. The molecule has 8 aromatic carbocycles. The van der Waals surface area contributed by atoms with Gasteiger partial charge in [-0.15, -0.1) is 0 Å². The number of nitrogens with zero attached hydrogens (tertiary/aromatic N) is 1. The van der Waals surface area contributed by atoms with Crippen LogP contribution in [0.15, 0.2) is 188 Å². The summed E-state index contributed by atoms with van der Waals surface area (Å²) in [4.78, 5) is 2.43. The maximum absolute atomic E-state index is 2.45. The normalized spacial score (nSPS) is 14.4. The summed E-state index contributed by atoms with van der Waals surface area (Å²) in [5.41, 5.74) is 16.1. The van der Waals surface area contributed by atoms with Crippen LogP contribution in [0.3, 0.4) is 0 Å². The minimum Gasteiger partial charge on any atom is -0.310 e. The summed E-state index contributed by atoms with van der Waals surface area (Å²) in [5.74, 6) is 0. The summed E-state index contributed by atoms with van der Waals surface area (Å²) in [6.45, 7) is 4.72. The van der Waals surface area contributed by atoms with E-state index in [0.717, 1.165) is 17.1 Å². The summed E-state index contributed by atoms with van der Waals surface area (Å²) in [7, 11) is 0. The topological polar surface area (TPSA) is 3.24 Å². The lowest BCUT2D eigenvalue weighted by atomic mass is 9.67. The number of para-hydroxylation sites is 1. The molecule has 0 aliphatic heterocycles. The van der Waals surface area contributed by atoms with Crippen LogP contribution in [-0.4, -0.2) is 0 Å². The van der Waals surface area contributed by atoms with Crippen molar-refractivity contribution in [2.24, 2.45) is 0 Å². The molecule has 2 aliphatic carbocycles. The molecule has 0 N–H and O–H groups in total. The van der Waals surface area contributed by atoms with Gasteiger partial charge in [0.1, 0.15) is 0 Å². The van der Waals surface area contributed by atoms with Gasteiger partial charge in [0, 0.05) is 22.5 Å². The zero-order chi connectivity index (χ0) is 34.2. The van der Waals surface area contributed by atoms with Gasteiger partial charge in [0.25, 0.3) is 0 Å². The first-order valence-electron chi connectivity index (χ1n) is 17.9. The van der Waals surface area contributed by atoms with E-state index >= 15 is 0 Å². The van der Waals surface area contributed by atoms with E-state index in [4.69, 9.17) is 0 Å². The summed E-state index contributed by atoms with van der Waals surface area (Å²) < 4.78 is 0. The van der Waals surface area contributed by atoms with Gasteiger partial charge in [-0.05, 0) is 115 Å². The molecule has 1 nitrogen and oxygen atoms in total. The van der Waals surface area contributed by atoms with Gasteiger partial charge in [-0.3, -0.25) is 0 Å². The lowest BCUT2D eigenvalue weighted by Crippen LogP contribution is -2.28. The van der Waals surface area contributed by atoms with Crippen LogP contribution in [0.25, 0.3) is 33.0 Å². The molecule has 0 saturated carbocycles. The van der Waals surface area contributed by atoms with Crippen LogP contribution in [-0.2, 0) is 10.8 Å². The molecule has 0 spiro atoms. The summed E-state index contributed by atoms with van der Waals surface area (Å²) >= 11 is 0. The SMILES string of the molecule is CC1(C)c2ccccc2-c2cc3ccc(N(c4ccccc4)c4ccc5c(c4)C(c4ccccc4)(c4ccccc4)c4ccccc4-5)cc3cc21. The number of benzene rings is 8. The molecule has 242 valence electrons. The Bertz CT molecular complexity index is 2560.